The van der Waals surface area contributed by atoms with Crippen LogP contribution in [0.5, 0.6) is 0 Å². The minimum atomic E-state index is -0.892. The zero-order valence-electron chi connectivity index (χ0n) is 14.6. The average molecular weight is 321 g/mol. The smallest absolute Gasteiger partial charge is 0.335 e. The van der Waals surface area contributed by atoms with Gasteiger partial charge in [-0.1, -0.05) is 38.8 Å². The van der Waals surface area contributed by atoms with Crippen molar-refractivity contribution in [2.75, 3.05) is 26.2 Å². The largest absolute Gasteiger partial charge is 0.478 e. The maximum atomic E-state index is 10.8. The third kappa shape index (κ3) is 8.72. The summed E-state index contributed by atoms with van der Waals surface area (Å²) in [5.74, 6) is -0.892. The van der Waals surface area contributed by atoms with E-state index in [0.717, 1.165) is 25.1 Å². The highest BCUT2D eigenvalue weighted by atomic mass is 16.5. The second-order valence-electron chi connectivity index (χ2n) is 5.96. The molecule has 0 atom stereocenters. The van der Waals surface area contributed by atoms with Crippen molar-refractivity contribution in [3.05, 3.63) is 35.4 Å². The van der Waals surface area contributed by atoms with E-state index in [1.807, 2.05) is 12.1 Å². The van der Waals surface area contributed by atoms with Gasteiger partial charge in [0.1, 0.15) is 0 Å². The molecule has 0 aliphatic carbocycles. The van der Waals surface area contributed by atoms with E-state index in [0.29, 0.717) is 12.2 Å². The molecule has 0 aliphatic heterocycles. The first-order valence-electron chi connectivity index (χ1n) is 8.79. The zero-order valence-corrected chi connectivity index (χ0v) is 14.6. The number of ether oxygens (including phenoxy) is 1. The molecule has 0 unspecified atom stereocenters. The van der Waals surface area contributed by atoms with E-state index in [2.05, 4.69) is 18.7 Å². The summed E-state index contributed by atoms with van der Waals surface area (Å²) in [6, 6.07) is 6.88. The SMILES string of the molecule is CCCCN(CCCC)CCCOCc1ccc(C(=O)O)cc1. The van der Waals surface area contributed by atoms with E-state index in [9.17, 15) is 4.79 Å². The Morgan fingerprint density at radius 1 is 1.00 bits per heavy atom. The number of rotatable bonds is 13. The number of carboxylic acid groups (broad SMARTS) is 1. The molecule has 1 rings (SSSR count). The number of hydrogen-bond acceptors (Lipinski definition) is 3. The highest BCUT2D eigenvalue weighted by Gasteiger charge is 2.04. The van der Waals surface area contributed by atoms with Crippen molar-refractivity contribution < 1.29 is 14.6 Å². The summed E-state index contributed by atoms with van der Waals surface area (Å²) in [5, 5.41) is 8.86. The predicted molar refractivity (Wildman–Crippen MR) is 93.9 cm³/mol. The van der Waals surface area contributed by atoms with Crippen molar-refractivity contribution in [3.8, 4) is 0 Å². The standard InChI is InChI=1S/C19H31NO3/c1-3-5-12-20(13-6-4-2)14-7-15-23-16-17-8-10-18(11-9-17)19(21)22/h8-11H,3-7,12-16H2,1-2H3,(H,21,22). The lowest BCUT2D eigenvalue weighted by Crippen LogP contribution is -2.28. The maximum absolute atomic E-state index is 10.8. The molecule has 0 heterocycles. The van der Waals surface area contributed by atoms with E-state index < -0.39 is 5.97 Å². The molecule has 0 saturated heterocycles. The van der Waals surface area contributed by atoms with Gasteiger partial charge in [0.15, 0.2) is 0 Å². The molecule has 0 spiro atoms. The van der Waals surface area contributed by atoms with Crippen LogP contribution in [0.2, 0.25) is 0 Å². The van der Waals surface area contributed by atoms with Crippen molar-refractivity contribution in [1.29, 1.82) is 0 Å². The Morgan fingerprint density at radius 3 is 2.09 bits per heavy atom. The van der Waals surface area contributed by atoms with E-state index in [4.69, 9.17) is 9.84 Å². The first kappa shape index (κ1) is 19.7. The molecular weight excluding hydrogens is 290 g/mol. The second-order valence-corrected chi connectivity index (χ2v) is 5.96. The van der Waals surface area contributed by atoms with Gasteiger partial charge in [-0.05, 0) is 50.0 Å². The number of aromatic carboxylic acids is 1. The van der Waals surface area contributed by atoms with Crippen molar-refractivity contribution in [2.45, 2.75) is 52.6 Å². The third-order valence-corrected chi connectivity index (χ3v) is 3.89. The number of hydrogen-bond donors (Lipinski definition) is 1. The van der Waals surface area contributed by atoms with Crippen molar-refractivity contribution in [1.82, 2.24) is 4.90 Å². The molecule has 0 bridgehead atoms. The number of carbonyl (C=O) groups is 1. The molecule has 0 radical (unpaired) electrons. The fourth-order valence-electron chi connectivity index (χ4n) is 2.42. The van der Waals surface area contributed by atoms with Gasteiger partial charge in [-0.2, -0.15) is 0 Å². The van der Waals surface area contributed by atoms with Gasteiger partial charge in [0.2, 0.25) is 0 Å². The zero-order chi connectivity index (χ0) is 16.9. The van der Waals surface area contributed by atoms with Crippen LogP contribution in [0.15, 0.2) is 24.3 Å². The van der Waals surface area contributed by atoms with E-state index in [1.165, 1.54) is 38.8 Å². The van der Waals surface area contributed by atoms with E-state index >= 15 is 0 Å². The van der Waals surface area contributed by atoms with Crippen LogP contribution in [0.4, 0.5) is 0 Å². The Kier molecular flexibility index (Phi) is 10.3. The summed E-state index contributed by atoms with van der Waals surface area (Å²) in [7, 11) is 0. The molecule has 0 amide bonds. The predicted octanol–water partition coefficient (Wildman–Crippen LogP) is 4.19. The summed E-state index contributed by atoms with van der Waals surface area (Å²) in [6.45, 7) is 9.23. The summed E-state index contributed by atoms with van der Waals surface area (Å²) in [5.41, 5.74) is 1.33. The Hall–Kier alpha value is -1.39. The van der Waals surface area contributed by atoms with Crippen molar-refractivity contribution >= 4 is 5.97 Å². The monoisotopic (exact) mass is 321 g/mol. The van der Waals surface area contributed by atoms with Crippen LogP contribution in [0, 0.1) is 0 Å². The van der Waals surface area contributed by atoms with Crippen LogP contribution in [-0.2, 0) is 11.3 Å². The lowest BCUT2D eigenvalue weighted by Gasteiger charge is -2.21. The van der Waals surface area contributed by atoms with Crippen LogP contribution >= 0.6 is 0 Å². The van der Waals surface area contributed by atoms with Gasteiger partial charge in [0, 0.05) is 13.2 Å². The minimum absolute atomic E-state index is 0.316. The number of carboxylic acids is 1. The molecule has 1 N–H and O–H groups in total. The average Bonchev–Trinajstić information content (AvgIpc) is 2.56. The van der Waals surface area contributed by atoms with Crippen LogP contribution in [0.1, 0.15) is 61.9 Å². The lowest BCUT2D eigenvalue weighted by atomic mass is 10.1. The van der Waals surface area contributed by atoms with Crippen LogP contribution < -0.4 is 0 Å². The third-order valence-electron chi connectivity index (χ3n) is 3.89. The molecule has 0 aliphatic rings. The minimum Gasteiger partial charge on any atom is -0.478 e. The first-order valence-corrected chi connectivity index (χ1v) is 8.79. The Labute approximate surface area is 140 Å². The second kappa shape index (κ2) is 12.1. The quantitative estimate of drug-likeness (QED) is 0.553. The van der Waals surface area contributed by atoms with Gasteiger partial charge < -0.3 is 14.7 Å². The van der Waals surface area contributed by atoms with Crippen molar-refractivity contribution in [3.63, 3.8) is 0 Å². The van der Waals surface area contributed by atoms with Gasteiger partial charge in [-0.15, -0.1) is 0 Å². The molecule has 0 fully saturated rings. The molecule has 0 aromatic heterocycles. The Balaban J connectivity index is 2.20. The molecule has 0 saturated carbocycles. The molecule has 1 aromatic carbocycles. The molecule has 1 aromatic rings. The normalized spacial score (nSPS) is 11.1. The summed E-state index contributed by atoms with van der Waals surface area (Å²) in [6.07, 6.45) is 6.05. The van der Waals surface area contributed by atoms with Crippen LogP contribution in [0.25, 0.3) is 0 Å². The number of unbranched alkanes of at least 4 members (excludes halogenated alkanes) is 2. The lowest BCUT2D eigenvalue weighted by molar-refractivity contribution is 0.0696. The number of benzene rings is 1. The van der Waals surface area contributed by atoms with E-state index in [-0.39, 0.29) is 0 Å². The molecule has 4 nitrogen and oxygen atoms in total. The summed E-state index contributed by atoms with van der Waals surface area (Å²) >= 11 is 0. The molecule has 4 heteroatoms. The molecular formula is C19H31NO3. The van der Waals surface area contributed by atoms with Gasteiger partial charge in [-0.25, -0.2) is 4.79 Å². The summed E-state index contributed by atoms with van der Waals surface area (Å²) < 4.78 is 5.71. The number of nitrogens with zero attached hydrogens (tertiary/aromatic N) is 1. The Morgan fingerprint density at radius 2 is 1.57 bits per heavy atom. The van der Waals surface area contributed by atoms with Crippen molar-refractivity contribution in [2.24, 2.45) is 0 Å². The molecule has 130 valence electrons. The van der Waals surface area contributed by atoms with E-state index in [1.54, 1.807) is 12.1 Å². The van der Waals surface area contributed by atoms with Gasteiger partial charge in [-0.3, -0.25) is 0 Å². The van der Waals surface area contributed by atoms with Gasteiger partial charge >= 0.3 is 5.97 Å². The highest BCUT2D eigenvalue weighted by molar-refractivity contribution is 5.87. The molecule has 23 heavy (non-hydrogen) atoms. The van der Waals surface area contributed by atoms with Crippen LogP contribution in [-0.4, -0.2) is 42.2 Å². The van der Waals surface area contributed by atoms with Gasteiger partial charge in [0.05, 0.1) is 12.2 Å². The summed E-state index contributed by atoms with van der Waals surface area (Å²) in [4.78, 5) is 13.3. The maximum Gasteiger partial charge on any atom is 0.335 e. The fraction of sp³-hybridized carbons (Fsp3) is 0.632. The first-order chi connectivity index (χ1) is 11.2. The fourth-order valence-corrected chi connectivity index (χ4v) is 2.42. The van der Waals surface area contributed by atoms with Gasteiger partial charge in [0.25, 0.3) is 0 Å². The topological polar surface area (TPSA) is 49.8 Å². The Bertz CT molecular complexity index is 423. The highest BCUT2D eigenvalue weighted by Crippen LogP contribution is 2.06. The van der Waals surface area contributed by atoms with Crippen LogP contribution in [0.3, 0.4) is 0 Å².